The number of allylic oxidation sites excluding steroid dienone is 1. The molecule has 1 aromatic heterocycles. The smallest absolute Gasteiger partial charge is 0.149 e. The number of thioether (sulfide) groups is 1. The first kappa shape index (κ1) is 16.4. The Bertz CT molecular complexity index is 757. The molecule has 0 radical (unpaired) electrons. The van der Waals surface area contributed by atoms with Crippen LogP contribution in [0.5, 0.6) is 0 Å². The summed E-state index contributed by atoms with van der Waals surface area (Å²) >= 11 is 5.02. The predicted molar refractivity (Wildman–Crippen MR) is 99.7 cm³/mol. The van der Waals surface area contributed by atoms with Crippen LogP contribution < -0.4 is 5.73 Å². The number of halogens is 1. The molecule has 2 aromatic rings. The molecule has 1 aliphatic rings. The molecule has 1 atom stereocenters. The number of rotatable bonds is 2. The molecule has 7 heteroatoms. The van der Waals surface area contributed by atoms with E-state index in [0.717, 1.165) is 26.4 Å². The molecule has 3 rings (SSSR count). The number of hydrogen-bond donors (Lipinski definition) is 1. The highest BCUT2D eigenvalue weighted by molar-refractivity contribution is 9.10. The molecule has 23 heavy (non-hydrogen) atoms. The van der Waals surface area contributed by atoms with E-state index in [2.05, 4.69) is 63.9 Å². The van der Waals surface area contributed by atoms with Crippen LogP contribution in [0.15, 0.2) is 46.4 Å². The largest absolute Gasteiger partial charge is 0.301 e. The van der Waals surface area contributed by atoms with Crippen LogP contribution in [0.2, 0.25) is 0 Å². The molecule has 0 saturated carbocycles. The molecular weight excluding hydrogens is 374 g/mol. The summed E-state index contributed by atoms with van der Waals surface area (Å²) in [5.74, 6) is 0. The number of nitrogens with two attached hydrogens (primary N) is 1. The van der Waals surface area contributed by atoms with E-state index in [-0.39, 0.29) is 10.9 Å². The summed E-state index contributed by atoms with van der Waals surface area (Å²) in [5.41, 5.74) is 8.68. The van der Waals surface area contributed by atoms with Gasteiger partial charge in [-0.2, -0.15) is 5.10 Å². The van der Waals surface area contributed by atoms with Crippen molar-refractivity contribution in [1.82, 2.24) is 14.8 Å². The zero-order valence-electron chi connectivity index (χ0n) is 13.2. The van der Waals surface area contributed by atoms with Crippen LogP contribution in [0.3, 0.4) is 0 Å². The zero-order chi connectivity index (χ0) is 16.6. The molecule has 0 aliphatic carbocycles. The van der Waals surface area contributed by atoms with Crippen molar-refractivity contribution in [3.8, 4) is 0 Å². The van der Waals surface area contributed by atoms with Crippen molar-refractivity contribution < 1.29 is 0 Å². The maximum atomic E-state index is 6.18. The topological polar surface area (TPSA) is 69.1 Å². The Balaban J connectivity index is 2.24. The monoisotopic (exact) mass is 391 g/mol. The average Bonchev–Trinajstić information content (AvgIpc) is 3.00. The van der Waals surface area contributed by atoms with Crippen LogP contribution in [0.1, 0.15) is 26.3 Å². The Kier molecular flexibility index (Phi) is 4.44. The quantitative estimate of drug-likeness (QED) is 0.843. The van der Waals surface area contributed by atoms with Crippen LogP contribution in [0, 0.1) is 5.41 Å². The van der Waals surface area contributed by atoms with Gasteiger partial charge in [-0.25, -0.2) is 9.67 Å². The lowest BCUT2D eigenvalue weighted by molar-refractivity contribution is 0.588. The SMILES string of the molecule is CC(C)(C)C1=NC(N)SC(c2ccc(Br)cc2)=C1n1cncn1. The first-order chi connectivity index (χ1) is 10.9. The summed E-state index contributed by atoms with van der Waals surface area (Å²) in [5, 5.41) is 4.33. The first-order valence-electron chi connectivity index (χ1n) is 7.22. The van der Waals surface area contributed by atoms with Gasteiger partial charge in [0.25, 0.3) is 0 Å². The number of nitrogens with zero attached hydrogens (tertiary/aromatic N) is 4. The minimum atomic E-state index is -0.324. The number of benzene rings is 1. The van der Waals surface area contributed by atoms with Gasteiger partial charge in [-0.1, -0.05) is 60.6 Å². The van der Waals surface area contributed by atoms with Crippen molar-refractivity contribution in [1.29, 1.82) is 0 Å². The minimum absolute atomic E-state index is 0.152. The highest BCUT2D eigenvalue weighted by atomic mass is 79.9. The Morgan fingerprint density at radius 2 is 1.91 bits per heavy atom. The third kappa shape index (κ3) is 3.41. The second-order valence-corrected chi connectivity index (χ2v) is 8.30. The lowest BCUT2D eigenvalue weighted by atomic mass is 9.87. The molecule has 1 aromatic carbocycles. The second kappa shape index (κ2) is 6.22. The second-order valence-electron chi connectivity index (χ2n) is 6.26. The lowest BCUT2D eigenvalue weighted by Crippen LogP contribution is -2.31. The van der Waals surface area contributed by atoms with Gasteiger partial charge in [0.05, 0.1) is 5.71 Å². The molecule has 0 bridgehead atoms. The van der Waals surface area contributed by atoms with Gasteiger partial charge < -0.3 is 5.73 Å². The van der Waals surface area contributed by atoms with Crippen molar-refractivity contribution in [3.63, 3.8) is 0 Å². The van der Waals surface area contributed by atoms with E-state index >= 15 is 0 Å². The third-order valence-electron chi connectivity index (χ3n) is 3.40. The molecule has 2 heterocycles. The Labute approximate surface area is 148 Å². The summed E-state index contributed by atoms with van der Waals surface area (Å²) in [7, 11) is 0. The molecule has 5 nitrogen and oxygen atoms in total. The van der Waals surface area contributed by atoms with Gasteiger partial charge in [0.1, 0.15) is 23.8 Å². The molecule has 0 spiro atoms. The van der Waals surface area contributed by atoms with Gasteiger partial charge in [0.15, 0.2) is 0 Å². The first-order valence-corrected chi connectivity index (χ1v) is 8.89. The molecule has 0 fully saturated rings. The Morgan fingerprint density at radius 1 is 1.22 bits per heavy atom. The molecule has 0 amide bonds. The normalized spacial score (nSPS) is 19.0. The fourth-order valence-electron chi connectivity index (χ4n) is 2.39. The number of hydrogen-bond acceptors (Lipinski definition) is 5. The van der Waals surface area contributed by atoms with E-state index in [1.165, 1.54) is 18.1 Å². The Hall–Kier alpha value is -1.44. The molecule has 1 unspecified atom stereocenters. The van der Waals surface area contributed by atoms with E-state index in [4.69, 9.17) is 5.73 Å². The lowest BCUT2D eigenvalue weighted by Gasteiger charge is -2.30. The highest BCUT2D eigenvalue weighted by Crippen LogP contribution is 2.42. The number of aliphatic imine (C=N–C) groups is 1. The highest BCUT2D eigenvalue weighted by Gasteiger charge is 2.32. The van der Waals surface area contributed by atoms with Crippen molar-refractivity contribution in [2.75, 3.05) is 0 Å². The van der Waals surface area contributed by atoms with Gasteiger partial charge in [-0.15, -0.1) is 0 Å². The van der Waals surface area contributed by atoms with Crippen molar-refractivity contribution in [2.24, 2.45) is 16.1 Å². The van der Waals surface area contributed by atoms with E-state index in [0.29, 0.717) is 0 Å². The van der Waals surface area contributed by atoms with E-state index in [9.17, 15) is 0 Å². The van der Waals surface area contributed by atoms with Crippen molar-refractivity contribution >= 4 is 44.0 Å². The van der Waals surface area contributed by atoms with E-state index in [1.54, 1.807) is 11.0 Å². The van der Waals surface area contributed by atoms with Gasteiger partial charge in [0.2, 0.25) is 0 Å². The van der Waals surface area contributed by atoms with Gasteiger partial charge >= 0.3 is 0 Å². The fraction of sp³-hybridized carbons (Fsp3) is 0.312. The number of aromatic nitrogens is 3. The third-order valence-corrected chi connectivity index (χ3v) is 4.94. The molecule has 120 valence electrons. The summed E-state index contributed by atoms with van der Waals surface area (Å²) in [6.07, 6.45) is 3.23. The molecular formula is C16H18BrN5S. The minimum Gasteiger partial charge on any atom is -0.301 e. The summed E-state index contributed by atoms with van der Waals surface area (Å²) in [4.78, 5) is 9.84. The van der Waals surface area contributed by atoms with E-state index in [1.807, 2.05) is 12.1 Å². The summed E-state index contributed by atoms with van der Waals surface area (Å²) in [6.45, 7) is 6.39. The standard InChI is InChI=1S/C16H18BrN5S/c1-16(2,3)14-12(22-9-19-8-20-22)13(23-15(18)21-14)10-4-6-11(17)7-5-10/h4-9,15H,18H2,1-3H3. The molecule has 1 aliphatic heterocycles. The van der Waals surface area contributed by atoms with Crippen LogP contribution >= 0.6 is 27.7 Å². The maximum absolute atomic E-state index is 6.18. The molecule has 0 saturated heterocycles. The van der Waals surface area contributed by atoms with E-state index < -0.39 is 0 Å². The van der Waals surface area contributed by atoms with Crippen LogP contribution in [-0.2, 0) is 0 Å². The fourth-order valence-corrected chi connectivity index (χ4v) is 3.63. The summed E-state index contributed by atoms with van der Waals surface area (Å²) in [6, 6.07) is 8.19. The van der Waals surface area contributed by atoms with Crippen LogP contribution in [-0.4, -0.2) is 26.0 Å². The molecule has 2 N–H and O–H groups in total. The zero-order valence-corrected chi connectivity index (χ0v) is 15.6. The summed E-state index contributed by atoms with van der Waals surface area (Å²) < 4.78 is 2.82. The van der Waals surface area contributed by atoms with Crippen LogP contribution in [0.25, 0.3) is 10.6 Å². The predicted octanol–water partition coefficient (Wildman–Crippen LogP) is 3.84. The average molecular weight is 392 g/mol. The Morgan fingerprint density at radius 3 is 2.48 bits per heavy atom. The van der Waals surface area contributed by atoms with Crippen molar-refractivity contribution in [2.45, 2.75) is 26.3 Å². The van der Waals surface area contributed by atoms with Gasteiger partial charge in [0, 0.05) is 14.8 Å². The van der Waals surface area contributed by atoms with Gasteiger partial charge in [-0.3, -0.25) is 4.99 Å². The maximum Gasteiger partial charge on any atom is 0.149 e. The van der Waals surface area contributed by atoms with Gasteiger partial charge in [-0.05, 0) is 17.7 Å². The van der Waals surface area contributed by atoms with Crippen LogP contribution in [0.4, 0.5) is 0 Å². The van der Waals surface area contributed by atoms with Crippen molar-refractivity contribution in [3.05, 3.63) is 47.0 Å².